The predicted molar refractivity (Wildman–Crippen MR) is 294 cm³/mol. The van der Waals surface area contributed by atoms with Crippen molar-refractivity contribution in [3.63, 3.8) is 0 Å². The molecule has 0 bridgehead atoms. The van der Waals surface area contributed by atoms with E-state index in [1.54, 1.807) is 6.08 Å². The number of nitrogens with one attached hydrogen (secondary N) is 1. The van der Waals surface area contributed by atoms with Crippen LogP contribution in [0.2, 0.25) is 0 Å². The molecular weight excluding hydrogens is 807 g/mol. The number of unbranched alkanes of at least 4 members (excludes halogenated alkanes) is 39. The van der Waals surface area contributed by atoms with E-state index >= 15 is 0 Å². The summed E-state index contributed by atoms with van der Waals surface area (Å²) in [5.41, 5.74) is 0. The first-order valence-electron chi connectivity index (χ1n) is 29.5. The van der Waals surface area contributed by atoms with Crippen molar-refractivity contribution in [3.8, 4) is 0 Å². The molecule has 0 fully saturated rings. The highest BCUT2D eigenvalue weighted by molar-refractivity contribution is 5.76. The Hall–Kier alpha value is -1.91. The lowest BCUT2D eigenvalue weighted by Crippen LogP contribution is -2.45. The average molecular weight is 923 g/mol. The lowest BCUT2D eigenvalue weighted by atomic mass is 10.0. The van der Waals surface area contributed by atoms with E-state index in [1.807, 2.05) is 6.08 Å². The van der Waals surface area contributed by atoms with Crippen molar-refractivity contribution in [1.82, 2.24) is 5.32 Å². The molecule has 0 rings (SSSR count). The average Bonchev–Trinajstić information content (AvgIpc) is 3.32. The van der Waals surface area contributed by atoms with E-state index in [-0.39, 0.29) is 12.5 Å². The second kappa shape index (κ2) is 57.4. The molecule has 0 heterocycles. The number of hydrogen-bond donors (Lipinski definition) is 3. The third-order valence-corrected chi connectivity index (χ3v) is 13.5. The first kappa shape index (κ1) is 64.1. The minimum Gasteiger partial charge on any atom is -0.394 e. The van der Waals surface area contributed by atoms with Gasteiger partial charge in [0.05, 0.1) is 18.8 Å². The van der Waals surface area contributed by atoms with Crippen LogP contribution < -0.4 is 5.32 Å². The quantitative estimate of drug-likeness (QED) is 0.0420. The summed E-state index contributed by atoms with van der Waals surface area (Å²) in [4.78, 5) is 12.5. The number of aliphatic hydroxyl groups excluding tert-OH is 2. The van der Waals surface area contributed by atoms with Crippen LogP contribution in [0, 0.1) is 0 Å². The Balaban J connectivity index is 3.48. The zero-order chi connectivity index (χ0) is 47.7. The van der Waals surface area contributed by atoms with Gasteiger partial charge in [-0.2, -0.15) is 0 Å². The summed E-state index contributed by atoms with van der Waals surface area (Å²) < 4.78 is 0. The Morgan fingerprint density at radius 1 is 0.379 bits per heavy atom. The zero-order valence-corrected chi connectivity index (χ0v) is 44.5. The lowest BCUT2D eigenvalue weighted by molar-refractivity contribution is -0.123. The molecule has 4 nitrogen and oxygen atoms in total. The first-order chi connectivity index (χ1) is 32.7. The topological polar surface area (TPSA) is 69.6 Å². The predicted octanol–water partition coefficient (Wildman–Crippen LogP) is 19.6. The molecule has 0 saturated carbocycles. The molecule has 0 aromatic heterocycles. The van der Waals surface area contributed by atoms with Crippen LogP contribution in [0.15, 0.2) is 60.8 Å². The van der Waals surface area contributed by atoms with Crippen molar-refractivity contribution < 1.29 is 15.0 Å². The standard InChI is InChI=1S/C62H115NO3/c1-3-5-7-9-11-13-15-17-19-21-23-25-27-29-30-31-32-34-36-38-40-42-44-46-48-50-52-54-56-58-62(66)63-60(59-64)61(65)57-55-53-51-49-47-45-43-41-39-37-35-33-28-26-24-22-20-18-16-14-12-10-8-6-4-2/h5,7,11,13,17,19,23,25,55,57,60-61,64-65H,3-4,6,8-10,12,14-16,18,20-22,24,26-54,56,58-59H2,1-2H3,(H,63,66)/b7-5-,13-11-,19-17-,25-23-,57-55+. The molecule has 0 aromatic rings. The fourth-order valence-corrected chi connectivity index (χ4v) is 9.06. The fraction of sp³-hybridized carbons (Fsp3) is 0.823. The normalized spacial score (nSPS) is 13.2. The molecule has 1 amide bonds. The SMILES string of the molecule is CC/C=C\C/C=C\C/C=C\C/C=C\CCCCCCCCCCCCCCCCCCC(=O)NC(CO)C(O)/C=C/CCCCCCCCCCCCCCCCCCCCCCCCC. The number of hydrogen-bond acceptors (Lipinski definition) is 3. The minimum absolute atomic E-state index is 0.0611. The largest absolute Gasteiger partial charge is 0.394 e. The summed E-state index contributed by atoms with van der Waals surface area (Å²) in [5.74, 6) is -0.0611. The summed E-state index contributed by atoms with van der Waals surface area (Å²) in [7, 11) is 0. The Labute approximate surface area is 413 Å². The highest BCUT2D eigenvalue weighted by atomic mass is 16.3. The van der Waals surface area contributed by atoms with Gasteiger partial charge in [0.1, 0.15) is 0 Å². The van der Waals surface area contributed by atoms with Crippen LogP contribution in [0.3, 0.4) is 0 Å². The van der Waals surface area contributed by atoms with Gasteiger partial charge in [-0.3, -0.25) is 4.79 Å². The molecule has 3 N–H and O–H groups in total. The van der Waals surface area contributed by atoms with Gasteiger partial charge in [-0.1, -0.05) is 306 Å². The van der Waals surface area contributed by atoms with Gasteiger partial charge in [0.2, 0.25) is 5.91 Å². The molecule has 0 saturated heterocycles. The van der Waals surface area contributed by atoms with E-state index in [2.05, 4.69) is 67.8 Å². The van der Waals surface area contributed by atoms with Crippen molar-refractivity contribution in [2.75, 3.05) is 6.61 Å². The summed E-state index contributed by atoms with van der Waals surface area (Å²) >= 11 is 0. The smallest absolute Gasteiger partial charge is 0.220 e. The minimum atomic E-state index is -0.841. The highest BCUT2D eigenvalue weighted by Crippen LogP contribution is 2.17. The maximum Gasteiger partial charge on any atom is 0.220 e. The van der Waals surface area contributed by atoms with Crippen molar-refractivity contribution in [2.45, 2.75) is 321 Å². The summed E-state index contributed by atoms with van der Waals surface area (Å²) in [6.07, 6.45) is 81.1. The molecule has 0 aliphatic rings. The van der Waals surface area contributed by atoms with E-state index in [4.69, 9.17) is 0 Å². The summed E-state index contributed by atoms with van der Waals surface area (Å²) in [5, 5.41) is 23.2. The number of carbonyl (C=O) groups excluding carboxylic acids is 1. The molecule has 0 aliphatic heterocycles. The van der Waals surface area contributed by atoms with E-state index in [1.165, 1.54) is 238 Å². The van der Waals surface area contributed by atoms with Crippen LogP contribution in [0.4, 0.5) is 0 Å². The number of amides is 1. The van der Waals surface area contributed by atoms with Crippen LogP contribution >= 0.6 is 0 Å². The van der Waals surface area contributed by atoms with Crippen LogP contribution in [-0.2, 0) is 4.79 Å². The highest BCUT2D eigenvalue weighted by Gasteiger charge is 2.18. The molecular formula is C62H115NO3. The number of allylic oxidation sites excluding steroid dienone is 9. The van der Waals surface area contributed by atoms with Gasteiger partial charge >= 0.3 is 0 Å². The van der Waals surface area contributed by atoms with Crippen molar-refractivity contribution in [2.24, 2.45) is 0 Å². The Morgan fingerprint density at radius 2 is 0.667 bits per heavy atom. The Kier molecular flexibility index (Phi) is 55.7. The Bertz CT molecular complexity index is 1090. The van der Waals surface area contributed by atoms with Gasteiger partial charge in [-0.05, 0) is 57.8 Å². The monoisotopic (exact) mass is 922 g/mol. The van der Waals surface area contributed by atoms with Crippen LogP contribution in [-0.4, -0.2) is 34.9 Å². The van der Waals surface area contributed by atoms with Crippen molar-refractivity contribution in [1.29, 1.82) is 0 Å². The van der Waals surface area contributed by atoms with Crippen LogP contribution in [0.25, 0.3) is 0 Å². The van der Waals surface area contributed by atoms with E-state index in [0.717, 1.165) is 51.4 Å². The van der Waals surface area contributed by atoms with Gasteiger partial charge in [0.15, 0.2) is 0 Å². The van der Waals surface area contributed by atoms with Gasteiger partial charge in [0, 0.05) is 6.42 Å². The molecule has 0 spiro atoms. The van der Waals surface area contributed by atoms with E-state index in [9.17, 15) is 15.0 Å². The fourth-order valence-electron chi connectivity index (χ4n) is 9.06. The molecule has 2 unspecified atom stereocenters. The van der Waals surface area contributed by atoms with E-state index < -0.39 is 12.1 Å². The summed E-state index contributed by atoms with van der Waals surface area (Å²) in [6.45, 7) is 4.23. The van der Waals surface area contributed by atoms with Crippen molar-refractivity contribution in [3.05, 3.63) is 60.8 Å². The lowest BCUT2D eigenvalue weighted by Gasteiger charge is -2.20. The second-order valence-corrected chi connectivity index (χ2v) is 20.0. The molecule has 66 heavy (non-hydrogen) atoms. The molecule has 0 aromatic carbocycles. The molecule has 0 aliphatic carbocycles. The van der Waals surface area contributed by atoms with Crippen molar-refractivity contribution >= 4 is 5.91 Å². The third-order valence-electron chi connectivity index (χ3n) is 13.5. The number of aliphatic hydroxyl groups is 2. The maximum absolute atomic E-state index is 12.5. The van der Waals surface area contributed by atoms with Gasteiger partial charge in [-0.15, -0.1) is 0 Å². The third kappa shape index (κ3) is 53.1. The van der Waals surface area contributed by atoms with Crippen LogP contribution in [0.1, 0.15) is 309 Å². The maximum atomic E-state index is 12.5. The first-order valence-corrected chi connectivity index (χ1v) is 29.5. The summed E-state index contributed by atoms with van der Waals surface area (Å²) in [6, 6.07) is -0.624. The van der Waals surface area contributed by atoms with Gasteiger partial charge in [0.25, 0.3) is 0 Å². The van der Waals surface area contributed by atoms with Gasteiger partial charge in [-0.25, -0.2) is 0 Å². The van der Waals surface area contributed by atoms with Crippen LogP contribution in [0.5, 0.6) is 0 Å². The molecule has 2 atom stereocenters. The number of rotatable bonds is 54. The van der Waals surface area contributed by atoms with E-state index in [0.29, 0.717) is 6.42 Å². The Morgan fingerprint density at radius 3 is 1.00 bits per heavy atom. The molecule has 4 heteroatoms. The van der Waals surface area contributed by atoms with Gasteiger partial charge < -0.3 is 15.5 Å². The second-order valence-electron chi connectivity index (χ2n) is 20.0. The molecule has 386 valence electrons. The molecule has 0 radical (unpaired) electrons. The zero-order valence-electron chi connectivity index (χ0n) is 44.5. The number of carbonyl (C=O) groups is 1.